The van der Waals surface area contributed by atoms with Crippen molar-refractivity contribution in [2.45, 2.75) is 32.4 Å². The molecule has 0 bridgehead atoms. The van der Waals surface area contributed by atoms with E-state index in [1.165, 1.54) is 4.31 Å². The van der Waals surface area contributed by atoms with E-state index >= 15 is 0 Å². The number of rotatable bonds is 5. The van der Waals surface area contributed by atoms with Crippen LogP contribution in [0, 0.1) is 19.8 Å². The fraction of sp³-hybridized carbons (Fsp3) is 0.381. The summed E-state index contributed by atoms with van der Waals surface area (Å²) in [6, 6.07) is 10.7. The first-order chi connectivity index (χ1) is 13.7. The molecule has 2 aromatic rings. The highest BCUT2D eigenvalue weighted by Crippen LogP contribution is 2.29. The summed E-state index contributed by atoms with van der Waals surface area (Å²) in [5.41, 5.74) is 3.25. The molecule has 0 unspecified atom stereocenters. The molecule has 0 aliphatic carbocycles. The number of halogens is 2. The summed E-state index contributed by atoms with van der Waals surface area (Å²) >= 11 is 12.3. The highest BCUT2D eigenvalue weighted by molar-refractivity contribution is 7.88. The van der Waals surface area contributed by atoms with Gasteiger partial charge < -0.3 is 5.32 Å². The molecule has 1 saturated heterocycles. The lowest BCUT2D eigenvalue weighted by atomic mass is 9.98. The van der Waals surface area contributed by atoms with Crippen molar-refractivity contribution in [3.05, 3.63) is 63.1 Å². The van der Waals surface area contributed by atoms with Crippen LogP contribution in [0.25, 0.3) is 0 Å². The molecule has 1 heterocycles. The Morgan fingerprint density at radius 3 is 2.48 bits per heavy atom. The molecule has 2 aromatic carbocycles. The van der Waals surface area contributed by atoms with Gasteiger partial charge in [0, 0.05) is 34.4 Å². The number of aryl methyl sites for hydroxylation is 1. The Kier molecular flexibility index (Phi) is 6.89. The van der Waals surface area contributed by atoms with E-state index in [1.54, 1.807) is 18.2 Å². The number of nitrogens with one attached hydrogen (secondary N) is 1. The molecule has 1 aliphatic heterocycles. The summed E-state index contributed by atoms with van der Waals surface area (Å²) < 4.78 is 27.3. The fourth-order valence-electron chi connectivity index (χ4n) is 3.47. The minimum absolute atomic E-state index is 0.154. The Morgan fingerprint density at radius 1 is 1.14 bits per heavy atom. The average molecular weight is 455 g/mol. The zero-order chi connectivity index (χ0) is 21.2. The highest BCUT2D eigenvalue weighted by Gasteiger charge is 2.33. The molecule has 29 heavy (non-hydrogen) atoms. The molecule has 156 valence electrons. The summed E-state index contributed by atoms with van der Waals surface area (Å²) in [6.45, 7) is 4.48. The van der Waals surface area contributed by atoms with Crippen molar-refractivity contribution in [1.82, 2.24) is 4.31 Å². The van der Waals surface area contributed by atoms with Crippen molar-refractivity contribution in [3.8, 4) is 0 Å². The van der Waals surface area contributed by atoms with Crippen molar-refractivity contribution in [2.75, 3.05) is 18.4 Å². The van der Waals surface area contributed by atoms with Crippen LogP contribution >= 0.6 is 23.2 Å². The van der Waals surface area contributed by atoms with Gasteiger partial charge in [-0.3, -0.25) is 4.79 Å². The third-order valence-electron chi connectivity index (χ3n) is 5.40. The molecule has 0 radical (unpaired) electrons. The standard InChI is InChI=1S/C21H24Cl2N2O3S/c1-14-6-3-10-20(15(14)2)24-21(26)16-7-5-11-25(12-16)29(27,28)13-17-18(22)8-4-9-19(17)23/h3-4,6,8-10,16H,5,7,11-13H2,1-2H3,(H,24,26)/t16-/m0/s1. The highest BCUT2D eigenvalue weighted by atomic mass is 35.5. The predicted molar refractivity (Wildman–Crippen MR) is 118 cm³/mol. The second kappa shape index (κ2) is 9.04. The number of carbonyl (C=O) groups excluding carboxylic acids is 1. The molecule has 0 saturated carbocycles. The number of hydrogen-bond donors (Lipinski definition) is 1. The minimum atomic E-state index is -3.65. The number of hydrogen-bond acceptors (Lipinski definition) is 3. The van der Waals surface area contributed by atoms with Crippen molar-refractivity contribution >= 4 is 44.8 Å². The molecule has 1 fully saturated rings. The van der Waals surface area contributed by atoms with Crippen LogP contribution in [0.1, 0.15) is 29.5 Å². The topological polar surface area (TPSA) is 66.5 Å². The normalized spacial score (nSPS) is 17.9. The van der Waals surface area contributed by atoms with Gasteiger partial charge >= 0.3 is 0 Å². The number of nitrogens with zero attached hydrogens (tertiary/aromatic N) is 1. The molecular formula is C21H24Cl2N2O3S. The number of anilines is 1. The third-order valence-corrected chi connectivity index (χ3v) is 7.88. The first kappa shape index (κ1) is 22.1. The zero-order valence-corrected chi connectivity index (χ0v) is 18.7. The van der Waals surface area contributed by atoms with E-state index in [4.69, 9.17) is 23.2 Å². The maximum Gasteiger partial charge on any atom is 0.228 e. The van der Waals surface area contributed by atoms with Gasteiger partial charge in [-0.25, -0.2) is 12.7 Å². The second-order valence-corrected chi connectivity index (χ2v) is 10.2. The molecular weight excluding hydrogens is 431 g/mol. The maximum absolute atomic E-state index is 13.0. The predicted octanol–water partition coefficient (Wildman–Crippen LogP) is 4.79. The maximum atomic E-state index is 13.0. The van der Waals surface area contributed by atoms with Gasteiger partial charge in [-0.15, -0.1) is 0 Å². The molecule has 0 aromatic heterocycles. The zero-order valence-electron chi connectivity index (χ0n) is 16.4. The third kappa shape index (κ3) is 5.12. The quantitative estimate of drug-likeness (QED) is 0.705. The summed E-state index contributed by atoms with van der Waals surface area (Å²) in [5, 5.41) is 3.60. The lowest BCUT2D eigenvalue weighted by Crippen LogP contribution is -2.44. The van der Waals surface area contributed by atoms with Crippen LogP contribution in [0.5, 0.6) is 0 Å². The first-order valence-electron chi connectivity index (χ1n) is 9.47. The summed E-state index contributed by atoms with van der Waals surface area (Å²) in [5.74, 6) is -0.842. The van der Waals surface area contributed by atoms with Gasteiger partial charge in [0.1, 0.15) is 0 Å². The largest absolute Gasteiger partial charge is 0.326 e. The summed E-state index contributed by atoms with van der Waals surface area (Å²) in [6.07, 6.45) is 1.27. The number of carbonyl (C=O) groups is 1. The van der Waals surface area contributed by atoms with Gasteiger partial charge in [-0.05, 0) is 56.0 Å². The van der Waals surface area contributed by atoms with Crippen molar-refractivity contribution < 1.29 is 13.2 Å². The van der Waals surface area contributed by atoms with E-state index < -0.39 is 15.9 Å². The molecule has 1 N–H and O–H groups in total. The summed E-state index contributed by atoms with van der Waals surface area (Å²) in [4.78, 5) is 12.8. The number of benzene rings is 2. The monoisotopic (exact) mass is 454 g/mol. The molecule has 3 rings (SSSR count). The van der Waals surface area contributed by atoms with E-state index in [9.17, 15) is 13.2 Å². The van der Waals surface area contributed by atoms with Gasteiger partial charge in [-0.1, -0.05) is 41.4 Å². The van der Waals surface area contributed by atoms with E-state index in [2.05, 4.69) is 5.32 Å². The number of amides is 1. The number of piperidine rings is 1. The van der Waals surface area contributed by atoms with E-state index in [0.29, 0.717) is 35.0 Å². The molecule has 1 amide bonds. The van der Waals surface area contributed by atoms with Gasteiger partial charge in [0.25, 0.3) is 0 Å². The SMILES string of the molecule is Cc1cccc(NC(=O)[C@H]2CCCN(S(=O)(=O)Cc3c(Cl)cccc3Cl)C2)c1C. The van der Waals surface area contributed by atoms with Gasteiger partial charge in [0.15, 0.2) is 0 Å². The van der Waals surface area contributed by atoms with Crippen LogP contribution in [-0.4, -0.2) is 31.7 Å². The van der Waals surface area contributed by atoms with Crippen LogP contribution in [0.2, 0.25) is 10.0 Å². The van der Waals surface area contributed by atoms with E-state index in [-0.39, 0.29) is 18.2 Å². The van der Waals surface area contributed by atoms with Gasteiger partial charge in [0.2, 0.25) is 15.9 Å². The van der Waals surface area contributed by atoms with Crippen LogP contribution in [-0.2, 0) is 20.6 Å². The minimum Gasteiger partial charge on any atom is -0.326 e. The molecule has 1 aliphatic rings. The molecule has 8 heteroatoms. The van der Waals surface area contributed by atoms with E-state index in [1.807, 2.05) is 32.0 Å². The van der Waals surface area contributed by atoms with Crippen LogP contribution in [0.15, 0.2) is 36.4 Å². The van der Waals surface area contributed by atoms with Crippen LogP contribution in [0.4, 0.5) is 5.69 Å². The van der Waals surface area contributed by atoms with Crippen LogP contribution in [0.3, 0.4) is 0 Å². The number of sulfonamides is 1. The Hall–Kier alpha value is -1.60. The summed E-state index contributed by atoms with van der Waals surface area (Å²) in [7, 11) is -3.65. The molecule has 1 atom stereocenters. The van der Waals surface area contributed by atoms with E-state index in [0.717, 1.165) is 16.8 Å². The van der Waals surface area contributed by atoms with Crippen molar-refractivity contribution in [2.24, 2.45) is 5.92 Å². The Morgan fingerprint density at radius 2 is 1.79 bits per heavy atom. The fourth-order valence-corrected chi connectivity index (χ4v) is 5.84. The Labute approximate surface area is 182 Å². The molecule has 5 nitrogen and oxygen atoms in total. The van der Waals surface area contributed by atoms with Gasteiger partial charge in [-0.2, -0.15) is 0 Å². The lowest BCUT2D eigenvalue weighted by molar-refractivity contribution is -0.120. The Bertz CT molecular complexity index is 1000. The Balaban J connectivity index is 1.72. The van der Waals surface area contributed by atoms with Crippen molar-refractivity contribution in [1.29, 1.82) is 0 Å². The van der Waals surface area contributed by atoms with Gasteiger partial charge in [0.05, 0.1) is 11.7 Å². The second-order valence-electron chi connectivity index (χ2n) is 7.39. The van der Waals surface area contributed by atoms with Crippen LogP contribution < -0.4 is 5.32 Å². The first-order valence-corrected chi connectivity index (χ1v) is 11.8. The average Bonchev–Trinajstić information content (AvgIpc) is 2.68. The van der Waals surface area contributed by atoms with Crippen molar-refractivity contribution in [3.63, 3.8) is 0 Å². The smallest absolute Gasteiger partial charge is 0.228 e. The lowest BCUT2D eigenvalue weighted by Gasteiger charge is -2.31. The molecule has 0 spiro atoms.